The molecule has 0 unspecified atom stereocenters. The second kappa shape index (κ2) is 5.94. The zero-order chi connectivity index (χ0) is 14.7. The van der Waals surface area contributed by atoms with Gasteiger partial charge >= 0.3 is 0 Å². The third-order valence-corrected chi connectivity index (χ3v) is 4.27. The fraction of sp³-hybridized carbons (Fsp3) is 0.176. The van der Waals surface area contributed by atoms with Crippen LogP contribution in [0.4, 0.5) is 5.69 Å². The van der Waals surface area contributed by atoms with Crippen LogP contribution in [0.15, 0.2) is 42.5 Å². The van der Waals surface area contributed by atoms with Crippen molar-refractivity contribution in [1.29, 1.82) is 5.26 Å². The van der Waals surface area contributed by atoms with Gasteiger partial charge in [0.05, 0.1) is 10.2 Å². The van der Waals surface area contributed by atoms with Crippen molar-refractivity contribution in [1.82, 2.24) is 4.98 Å². The summed E-state index contributed by atoms with van der Waals surface area (Å²) in [6.07, 6.45) is 0.991. The fourth-order valence-electron chi connectivity index (χ4n) is 2.19. The number of anilines is 1. The number of rotatable bonds is 4. The van der Waals surface area contributed by atoms with E-state index in [-0.39, 0.29) is 0 Å². The predicted octanol–water partition coefficient (Wildman–Crippen LogP) is 4.13. The lowest BCUT2D eigenvalue weighted by molar-refractivity contribution is 1.02. The van der Waals surface area contributed by atoms with Crippen molar-refractivity contribution in [3.8, 4) is 6.07 Å². The van der Waals surface area contributed by atoms with Gasteiger partial charge in [-0.2, -0.15) is 5.26 Å². The van der Waals surface area contributed by atoms with Crippen LogP contribution in [0.3, 0.4) is 0 Å². The molecule has 0 fully saturated rings. The molecule has 104 valence electrons. The van der Waals surface area contributed by atoms with Gasteiger partial charge in [0.25, 0.3) is 0 Å². The molecule has 1 heterocycles. The first-order valence-electron chi connectivity index (χ1n) is 6.85. The largest absolute Gasteiger partial charge is 0.385 e. The molecule has 0 radical (unpaired) electrons. The Morgan fingerprint density at radius 3 is 2.76 bits per heavy atom. The van der Waals surface area contributed by atoms with E-state index in [1.807, 2.05) is 12.1 Å². The Hall–Kier alpha value is -2.38. The van der Waals surface area contributed by atoms with Gasteiger partial charge in [-0.1, -0.05) is 29.8 Å². The minimum atomic E-state index is 0.516. The molecule has 1 aromatic heterocycles. The van der Waals surface area contributed by atoms with Gasteiger partial charge in [0.1, 0.15) is 6.07 Å². The molecule has 0 aliphatic heterocycles. The van der Waals surface area contributed by atoms with Crippen LogP contribution in [0, 0.1) is 18.3 Å². The molecule has 0 saturated heterocycles. The van der Waals surface area contributed by atoms with E-state index in [0.29, 0.717) is 5.01 Å². The summed E-state index contributed by atoms with van der Waals surface area (Å²) >= 11 is 1.43. The van der Waals surface area contributed by atoms with E-state index in [4.69, 9.17) is 5.26 Å². The molecule has 0 spiro atoms. The maximum absolute atomic E-state index is 8.88. The van der Waals surface area contributed by atoms with Crippen LogP contribution in [0.25, 0.3) is 10.2 Å². The molecular weight excluding hydrogens is 278 g/mol. The fourth-order valence-corrected chi connectivity index (χ4v) is 2.99. The maximum atomic E-state index is 8.88. The third-order valence-electron chi connectivity index (χ3n) is 3.35. The first-order valence-corrected chi connectivity index (χ1v) is 7.66. The Morgan fingerprint density at radius 1 is 1.19 bits per heavy atom. The standard InChI is InChI=1S/C17H15N3S/c1-12-2-4-13(5-3-12)8-9-19-14-6-7-15-16(10-14)21-17(11-18)20-15/h2-7,10,19H,8-9H2,1H3. The number of aryl methyl sites for hydroxylation is 1. The lowest BCUT2D eigenvalue weighted by Gasteiger charge is -2.06. The topological polar surface area (TPSA) is 48.7 Å². The summed E-state index contributed by atoms with van der Waals surface area (Å²) in [7, 11) is 0. The van der Waals surface area contributed by atoms with Crippen LogP contribution >= 0.6 is 11.3 Å². The van der Waals surface area contributed by atoms with Gasteiger partial charge in [0, 0.05) is 12.2 Å². The maximum Gasteiger partial charge on any atom is 0.195 e. The number of nitrogens with zero attached hydrogens (tertiary/aromatic N) is 2. The molecule has 1 N–H and O–H groups in total. The smallest absolute Gasteiger partial charge is 0.195 e. The van der Waals surface area contributed by atoms with E-state index in [1.165, 1.54) is 22.5 Å². The van der Waals surface area contributed by atoms with E-state index in [0.717, 1.165) is 28.9 Å². The van der Waals surface area contributed by atoms with Gasteiger partial charge in [-0.05, 0) is 37.1 Å². The van der Waals surface area contributed by atoms with Gasteiger partial charge in [-0.25, -0.2) is 4.98 Å². The Balaban J connectivity index is 1.65. The van der Waals surface area contributed by atoms with Crippen molar-refractivity contribution >= 4 is 27.2 Å². The first-order chi connectivity index (χ1) is 10.2. The van der Waals surface area contributed by atoms with Crippen molar-refractivity contribution < 1.29 is 0 Å². The number of benzene rings is 2. The number of fused-ring (bicyclic) bond motifs is 1. The molecule has 0 bridgehead atoms. The predicted molar refractivity (Wildman–Crippen MR) is 87.7 cm³/mol. The lowest BCUT2D eigenvalue weighted by Crippen LogP contribution is -2.04. The van der Waals surface area contributed by atoms with Crippen LogP contribution < -0.4 is 5.32 Å². The number of hydrogen-bond donors (Lipinski definition) is 1. The van der Waals surface area contributed by atoms with Crippen LogP contribution in [-0.4, -0.2) is 11.5 Å². The quantitative estimate of drug-likeness (QED) is 0.786. The molecule has 2 aromatic carbocycles. The van der Waals surface area contributed by atoms with Crippen molar-refractivity contribution in [2.75, 3.05) is 11.9 Å². The summed E-state index contributed by atoms with van der Waals surface area (Å²) < 4.78 is 1.05. The second-order valence-electron chi connectivity index (χ2n) is 4.98. The summed E-state index contributed by atoms with van der Waals surface area (Å²) in [6.45, 7) is 2.99. The van der Waals surface area contributed by atoms with Gasteiger partial charge in [0.15, 0.2) is 5.01 Å². The number of thiazole rings is 1. The average Bonchev–Trinajstić information content (AvgIpc) is 2.91. The first kappa shape index (κ1) is 13.6. The highest BCUT2D eigenvalue weighted by Crippen LogP contribution is 2.24. The van der Waals surface area contributed by atoms with E-state index >= 15 is 0 Å². The van der Waals surface area contributed by atoms with E-state index < -0.39 is 0 Å². The van der Waals surface area contributed by atoms with Crippen molar-refractivity contribution in [2.45, 2.75) is 13.3 Å². The summed E-state index contributed by atoms with van der Waals surface area (Å²) in [5, 5.41) is 12.8. The number of nitrogens with one attached hydrogen (secondary N) is 1. The molecule has 0 atom stereocenters. The summed E-state index contributed by atoms with van der Waals surface area (Å²) in [4.78, 5) is 4.24. The lowest BCUT2D eigenvalue weighted by atomic mass is 10.1. The zero-order valence-corrected chi connectivity index (χ0v) is 12.6. The number of nitriles is 1. The van der Waals surface area contributed by atoms with E-state index in [2.05, 4.69) is 53.6 Å². The van der Waals surface area contributed by atoms with Crippen molar-refractivity contribution in [2.24, 2.45) is 0 Å². The third kappa shape index (κ3) is 3.21. The summed E-state index contributed by atoms with van der Waals surface area (Å²) in [5.74, 6) is 0. The monoisotopic (exact) mass is 293 g/mol. The Morgan fingerprint density at radius 2 is 2.00 bits per heavy atom. The van der Waals surface area contributed by atoms with Crippen molar-refractivity contribution in [3.63, 3.8) is 0 Å². The van der Waals surface area contributed by atoms with E-state index in [9.17, 15) is 0 Å². The summed E-state index contributed by atoms with van der Waals surface area (Å²) in [5.41, 5.74) is 4.58. The second-order valence-corrected chi connectivity index (χ2v) is 6.01. The van der Waals surface area contributed by atoms with Gasteiger partial charge in [0.2, 0.25) is 0 Å². The molecule has 0 aliphatic carbocycles. The van der Waals surface area contributed by atoms with E-state index in [1.54, 1.807) is 0 Å². The molecule has 0 amide bonds. The highest BCUT2D eigenvalue weighted by Gasteiger charge is 2.03. The minimum absolute atomic E-state index is 0.516. The van der Waals surface area contributed by atoms with Gasteiger partial charge in [-0.15, -0.1) is 11.3 Å². The van der Waals surface area contributed by atoms with Crippen LogP contribution in [0.2, 0.25) is 0 Å². The average molecular weight is 293 g/mol. The molecule has 3 aromatic rings. The Kier molecular flexibility index (Phi) is 3.85. The minimum Gasteiger partial charge on any atom is -0.385 e. The van der Waals surface area contributed by atoms with Crippen LogP contribution in [-0.2, 0) is 6.42 Å². The van der Waals surface area contributed by atoms with Gasteiger partial charge in [-0.3, -0.25) is 0 Å². The normalized spacial score (nSPS) is 10.5. The van der Waals surface area contributed by atoms with Gasteiger partial charge < -0.3 is 5.32 Å². The van der Waals surface area contributed by atoms with Crippen LogP contribution in [0.5, 0.6) is 0 Å². The zero-order valence-electron chi connectivity index (χ0n) is 11.8. The molecule has 21 heavy (non-hydrogen) atoms. The Bertz CT molecular complexity index is 797. The Labute approximate surface area is 127 Å². The van der Waals surface area contributed by atoms with Crippen LogP contribution in [0.1, 0.15) is 16.1 Å². The molecule has 0 saturated carbocycles. The highest BCUT2D eigenvalue weighted by atomic mass is 32.1. The number of aromatic nitrogens is 1. The van der Waals surface area contributed by atoms with Crippen molar-refractivity contribution in [3.05, 3.63) is 58.6 Å². The molecule has 3 rings (SSSR count). The molecule has 3 nitrogen and oxygen atoms in total. The number of hydrogen-bond acceptors (Lipinski definition) is 4. The highest BCUT2D eigenvalue weighted by molar-refractivity contribution is 7.19. The SMILES string of the molecule is Cc1ccc(CCNc2ccc3nc(C#N)sc3c2)cc1. The summed E-state index contributed by atoms with van der Waals surface area (Å²) in [6, 6.07) is 16.7. The molecule has 4 heteroatoms. The molecule has 0 aliphatic rings. The molecular formula is C17H15N3S.